The van der Waals surface area contributed by atoms with Gasteiger partial charge in [0.25, 0.3) is 0 Å². The number of halogens is 2. The zero-order valence-corrected chi connectivity index (χ0v) is 15.2. The Balaban J connectivity index is 2.09. The highest BCUT2D eigenvalue weighted by Gasteiger charge is 2.04. The molecule has 0 aliphatic carbocycles. The maximum atomic E-state index is 5.87. The normalized spacial score (nSPS) is 10.8. The zero-order valence-electron chi connectivity index (χ0n) is 11.5. The van der Waals surface area contributed by atoms with Gasteiger partial charge in [-0.05, 0) is 58.5 Å². The lowest BCUT2D eigenvalue weighted by Gasteiger charge is -2.12. The molecule has 2 aromatic rings. The molecule has 0 aromatic heterocycles. The first kappa shape index (κ1) is 15.8. The molecule has 0 atom stereocenters. The van der Waals surface area contributed by atoms with Crippen LogP contribution in [0, 0.1) is 3.57 Å². The SMILES string of the molecule is CC(C)NCc1ccc(Oc2cccc(I)c2)cc1Br. The van der Waals surface area contributed by atoms with Crippen molar-refractivity contribution in [2.45, 2.75) is 26.4 Å². The van der Waals surface area contributed by atoms with Crippen LogP contribution >= 0.6 is 38.5 Å². The van der Waals surface area contributed by atoms with Crippen molar-refractivity contribution in [3.63, 3.8) is 0 Å². The van der Waals surface area contributed by atoms with Gasteiger partial charge in [0.15, 0.2) is 0 Å². The van der Waals surface area contributed by atoms with Gasteiger partial charge in [0.2, 0.25) is 0 Å². The molecule has 4 heteroatoms. The summed E-state index contributed by atoms with van der Waals surface area (Å²) in [7, 11) is 0. The Hall–Kier alpha value is -0.590. The Bertz CT molecular complexity index is 586. The largest absolute Gasteiger partial charge is 0.457 e. The van der Waals surface area contributed by atoms with Gasteiger partial charge in [-0.1, -0.05) is 41.9 Å². The highest BCUT2D eigenvalue weighted by Crippen LogP contribution is 2.27. The smallest absolute Gasteiger partial charge is 0.128 e. The zero-order chi connectivity index (χ0) is 14.5. The maximum Gasteiger partial charge on any atom is 0.128 e. The van der Waals surface area contributed by atoms with Crippen LogP contribution in [-0.2, 0) is 6.54 Å². The molecule has 0 amide bonds. The summed E-state index contributed by atoms with van der Waals surface area (Å²) in [5.41, 5.74) is 1.23. The number of hydrogen-bond donors (Lipinski definition) is 1. The van der Waals surface area contributed by atoms with Crippen LogP contribution in [0.15, 0.2) is 46.9 Å². The summed E-state index contributed by atoms with van der Waals surface area (Å²) in [6.07, 6.45) is 0. The number of rotatable bonds is 5. The quantitative estimate of drug-likeness (QED) is 0.627. The molecule has 1 N–H and O–H groups in total. The van der Waals surface area contributed by atoms with Crippen LogP contribution in [0.25, 0.3) is 0 Å². The Kier molecular flexibility index (Phi) is 5.86. The minimum atomic E-state index is 0.476. The summed E-state index contributed by atoms with van der Waals surface area (Å²) in [5.74, 6) is 1.70. The van der Waals surface area contributed by atoms with Crippen LogP contribution in [0.4, 0.5) is 0 Å². The minimum Gasteiger partial charge on any atom is -0.457 e. The van der Waals surface area contributed by atoms with E-state index >= 15 is 0 Å². The molecule has 0 radical (unpaired) electrons. The highest BCUT2D eigenvalue weighted by atomic mass is 127. The average molecular weight is 446 g/mol. The topological polar surface area (TPSA) is 21.3 Å². The van der Waals surface area contributed by atoms with Crippen LogP contribution in [0.3, 0.4) is 0 Å². The molecule has 0 heterocycles. The Morgan fingerprint density at radius 3 is 2.55 bits per heavy atom. The summed E-state index contributed by atoms with van der Waals surface area (Å²) in [6, 6.07) is 14.6. The fraction of sp³-hybridized carbons (Fsp3) is 0.250. The van der Waals surface area contributed by atoms with Gasteiger partial charge in [0.05, 0.1) is 0 Å². The summed E-state index contributed by atoms with van der Waals surface area (Å²) >= 11 is 5.88. The highest BCUT2D eigenvalue weighted by molar-refractivity contribution is 14.1. The third-order valence-electron chi connectivity index (χ3n) is 2.76. The summed E-state index contributed by atoms with van der Waals surface area (Å²) in [5, 5.41) is 3.41. The molecule has 2 rings (SSSR count). The lowest BCUT2D eigenvalue weighted by atomic mass is 10.2. The second kappa shape index (κ2) is 7.43. The predicted molar refractivity (Wildman–Crippen MR) is 95.4 cm³/mol. The fourth-order valence-electron chi connectivity index (χ4n) is 1.72. The lowest BCUT2D eigenvalue weighted by molar-refractivity contribution is 0.481. The van der Waals surface area contributed by atoms with Crippen LogP contribution in [0.5, 0.6) is 11.5 Å². The van der Waals surface area contributed by atoms with Crippen molar-refractivity contribution in [1.29, 1.82) is 0 Å². The molecule has 106 valence electrons. The van der Waals surface area contributed by atoms with E-state index in [1.807, 2.05) is 36.4 Å². The van der Waals surface area contributed by atoms with Crippen LogP contribution in [-0.4, -0.2) is 6.04 Å². The van der Waals surface area contributed by atoms with Crippen LogP contribution in [0.2, 0.25) is 0 Å². The third-order valence-corrected chi connectivity index (χ3v) is 4.17. The van der Waals surface area contributed by atoms with E-state index in [0.717, 1.165) is 26.1 Å². The fourth-order valence-corrected chi connectivity index (χ4v) is 2.73. The second-order valence-electron chi connectivity index (χ2n) is 4.85. The Morgan fingerprint density at radius 1 is 1.15 bits per heavy atom. The third kappa shape index (κ3) is 4.75. The molecular formula is C16H17BrINO. The molecule has 0 saturated carbocycles. The van der Waals surface area contributed by atoms with E-state index in [0.29, 0.717) is 6.04 Å². The first-order valence-corrected chi connectivity index (χ1v) is 8.37. The summed E-state index contributed by atoms with van der Waals surface area (Å²) < 4.78 is 8.09. The van der Waals surface area contributed by atoms with Gasteiger partial charge in [-0.25, -0.2) is 0 Å². The van der Waals surface area contributed by atoms with E-state index in [-0.39, 0.29) is 0 Å². The molecule has 0 saturated heterocycles. The number of ether oxygens (including phenoxy) is 1. The van der Waals surface area contributed by atoms with Crippen molar-refractivity contribution in [2.75, 3.05) is 0 Å². The van der Waals surface area contributed by atoms with Gasteiger partial charge in [-0.3, -0.25) is 0 Å². The molecule has 2 nitrogen and oxygen atoms in total. The van der Waals surface area contributed by atoms with Gasteiger partial charge in [0, 0.05) is 20.6 Å². The van der Waals surface area contributed by atoms with Crippen LogP contribution < -0.4 is 10.1 Å². The van der Waals surface area contributed by atoms with E-state index in [1.54, 1.807) is 0 Å². The molecule has 0 aliphatic heterocycles. The molecule has 2 aromatic carbocycles. The maximum absolute atomic E-state index is 5.87. The van der Waals surface area contributed by atoms with Gasteiger partial charge in [0.1, 0.15) is 11.5 Å². The van der Waals surface area contributed by atoms with Crippen molar-refractivity contribution < 1.29 is 4.74 Å². The summed E-state index contributed by atoms with van der Waals surface area (Å²) in [4.78, 5) is 0. The van der Waals surface area contributed by atoms with Gasteiger partial charge in [-0.15, -0.1) is 0 Å². The van der Waals surface area contributed by atoms with Crippen molar-refractivity contribution in [2.24, 2.45) is 0 Å². The first-order valence-electron chi connectivity index (χ1n) is 6.50. The van der Waals surface area contributed by atoms with Crippen molar-refractivity contribution in [1.82, 2.24) is 5.32 Å². The predicted octanol–water partition coefficient (Wildman–Crippen LogP) is 5.34. The lowest BCUT2D eigenvalue weighted by Crippen LogP contribution is -2.21. The Labute approximate surface area is 142 Å². The van der Waals surface area contributed by atoms with E-state index in [1.165, 1.54) is 5.56 Å². The van der Waals surface area contributed by atoms with Crippen molar-refractivity contribution in [3.05, 3.63) is 56.1 Å². The molecule has 0 spiro atoms. The monoisotopic (exact) mass is 445 g/mol. The standard InChI is InChI=1S/C16H17BrINO/c1-11(2)19-10-12-6-7-15(9-16(12)17)20-14-5-3-4-13(18)8-14/h3-9,11,19H,10H2,1-2H3. The molecule has 20 heavy (non-hydrogen) atoms. The van der Waals surface area contributed by atoms with E-state index in [9.17, 15) is 0 Å². The molecule has 0 unspecified atom stereocenters. The number of benzene rings is 2. The first-order chi connectivity index (χ1) is 9.54. The van der Waals surface area contributed by atoms with Gasteiger partial charge in [-0.2, -0.15) is 0 Å². The van der Waals surface area contributed by atoms with Gasteiger partial charge >= 0.3 is 0 Å². The van der Waals surface area contributed by atoms with Gasteiger partial charge < -0.3 is 10.1 Å². The molecule has 0 aliphatic rings. The minimum absolute atomic E-state index is 0.476. The van der Waals surface area contributed by atoms with Crippen LogP contribution in [0.1, 0.15) is 19.4 Å². The van der Waals surface area contributed by atoms with E-state index in [4.69, 9.17) is 4.74 Å². The Morgan fingerprint density at radius 2 is 1.90 bits per heavy atom. The number of hydrogen-bond acceptors (Lipinski definition) is 2. The number of nitrogens with one attached hydrogen (secondary N) is 1. The molecular weight excluding hydrogens is 429 g/mol. The van der Waals surface area contributed by atoms with E-state index < -0.39 is 0 Å². The van der Waals surface area contributed by atoms with Crippen molar-refractivity contribution in [3.8, 4) is 11.5 Å². The molecule has 0 fully saturated rings. The average Bonchev–Trinajstić information content (AvgIpc) is 2.37. The summed E-state index contributed by atoms with van der Waals surface area (Å²) in [6.45, 7) is 5.13. The van der Waals surface area contributed by atoms with E-state index in [2.05, 4.69) is 63.8 Å². The second-order valence-corrected chi connectivity index (χ2v) is 6.95. The molecule has 0 bridgehead atoms. The van der Waals surface area contributed by atoms with Crippen molar-refractivity contribution >= 4 is 38.5 Å².